The van der Waals surface area contributed by atoms with Crippen molar-refractivity contribution in [2.24, 2.45) is 0 Å². The molecule has 23 heavy (non-hydrogen) atoms. The zero-order valence-electron chi connectivity index (χ0n) is 13.2. The molecule has 0 bridgehead atoms. The average Bonchev–Trinajstić information content (AvgIpc) is 2.85. The zero-order chi connectivity index (χ0) is 17.2. The second-order valence-electron chi connectivity index (χ2n) is 5.57. The first-order chi connectivity index (χ1) is 10.7. The largest absolute Gasteiger partial charge is 0.383 e. The number of halogens is 2. The fourth-order valence-electron chi connectivity index (χ4n) is 2.33. The molecule has 0 fully saturated rings. The van der Waals surface area contributed by atoms with Gasteiger partial charge in [-0.3, -0.25) is 9.48 Å². The number of hydrogen-bond acceptors (Lipinski definition) is 3. The minimum absolute atomic E-state index is 0.0839. The highest BCUT2D eigenvalue weighted by molar-refractivity contribution is 5.92. The van der Waals surface area contributed by atoms with E-state index in [1.807, 2.05) is 6.92 Å². The second kappa shape index (κ2) is 6.45. The normalized spacial score (nSPS) is 13.7. The number of aryl methyl sites for hydroxylation is 2. The first-order valence-electron chi connectivity index (χ1n) is 7.25. The van der Waals surface area contributed by atoms with Gasteiger partial charge in [0.2, 0.25) is 0 Å². The molecule has 124 valence electrons. The molecule has 1 heterocycles. The Labute approximate surface area is 132 Å². The monoisotopic (exact) mass is 323 g/mol. The third-order valence-electron chi connectivity index (χ3n) is 3.54. The van der Waals surface area contributed by atoms with Gasteiger partial charge in [0, 0.05) is 18.2 Å². The van der Waals surface area contributed by atoms with Crippen molar-refractivity contribution >= 4 is 5.91 Å². The maximum atomic E-state index is 13.8. The minimum atomic E-state index is -1.67. The lowest BCUT2D eigenvalue weighted by Crippen LogP contribution is -2.39. The minimum Gasteiger partial charge on any atom is -0.383 e. The van der Waals surface area contributed by atoms with Gasteiger partial charge in [-0.1, -0.05) is 6.07 Å². The topological polar surface area (TPSA) is 67.2 Å². The summed E-state index contributed by atoms with van der Waals surface area (Å²) in [5.41, 5.74) is -0.687. The molecule has 0 saturated heterocycles. The maximum Gasteiger partial charge on any atom is 0.269 e. The van der Waals surface area contributed by atoms with E-state index in [0.717, 1.165) is 12.1 Å². The van der Waals surface area contributed by atoms with Crippen LogP contribution in [0.15, 0.2) is 24.3 Å². The molecule has 0 radical (unpaired) electrons. The lowest BCUT2D eigenvalue weighted by Gasteiger charge is -2.24. The molecule has 1 aromatic heterocycles. The van der Waals surface area contributed by atoms with Gasteiger partial charge >= 0.3 is 0 Å². The zero-order valence-corrected chi connectivity index (χ0v) is 13.2. The Kier molecular flexibility index (Phi) is 4.79. The molecule has 2 N–H and O–H groups in total. The Hall–Kier alpha value is -2.28. The van der Waals surface area contributed by atoms with Crippen LogP contribution in [0.25, 0.3) is 0 Å². The van der Waals surface area contributed by atoms with E-state index in [0.29, 0.717) is 24.0 Å². The van der Waals surface area contributed by atoms with Gasteiger partial charge in [0.05, 0.1) is 12.2 Å². The van der Waals surface area contributed by atoms with E-state index in [4.69, 9.17) is 0 Å². The summed E-state index contributed by atoms with van der Waals surface area (Å²) in [7, 11) is 0. The Morgan fingerprint density at radius 1 is 1.39 bits per heavy atom. The van der Waals surface area contributed by atoms with Gasteiger partial charge in [0.15, 0.2) is 0 Å². The molecule has 5 nitrogen and oxygen atoms in total. The van der Waals surface area contributed by atoms with Crippen LogP contribution in [0.5, 0.6) is 0 Å². The molecule has 2 aromatic rings. The quantitative estimate of drug-likeness (QED) is 0.886. The Balaban J connectivity index is 2.13. The molecule has 1 amide bonds. The third-order valence-corrected chi connectivity index (χ3v) is 3.54. The van der Waals surface area contributed by atoms with Gasteiger partial charge in [0.1, 0.15) is 22.9 Å². The van der Waals surface area contributed by atoms with Gasteiger partial charge in [-0.25, -0.2) is 8.78 Å². The van der Waals surface area contributed by atoms with Crippen LogP contribution in [0.2, 0.25) is 0 Å². The summed E-state index contributed by atoms with van der Waals surface area (Å²) < 4.78 is 28.3. The SMILES string of the molecule is CCn1nc(C)cc1C(=O)NC[C@](C)(O)c1ccc(F)cc1F. The first-order valence-corrected chi connectivity index (χ1v) is 7.25. The van der Waals surface area contributed by atoms with E-state index in [2.05, 4.69) is 10.4 Å². The summed E-state index contributed by atoms with van der Waals surface area (Å²) in [5.74, 6) is -2.01. The number of aliphatic hydroxyl groups is 1. The first kappa shape index (κ1) is 17.1. The van der Waals surface area contributed by atoms with Crippen LogP contribution in [0, 0.1) is 18.6 Å². The van der Waals surface area contributed by atoms with Crippen molar-refractivity contribution in [3.63, 3.8) is 0 Å². The second-order valence-corrected chi connectivity index (χ2v) is 5.57. The molecular weight excluding hydrogens is 304 g/mol. The number of benzene rings is 1. The van der Waals surface area contributed by atoms with Gasteiger partial charge in [-0.15, -0.1) is 0 Å². The van der Waals surface area contributed by atoms with Crippen molar-refractivity contribution in [3.05, 3.63) is 52.9 Å². The molecule has 0 aliphatic heterocycles. The molecule has 0 unspecified atom stereocenters. The highest BCUT2D eigenvalue weighted by Gasteiger charge is 2.28. The number of nitrogens with one attached hydrogen (secondary N) is 1. The smallest absolute Gasteiger partial charge is 0.269 e. The number of hydrogen-bond donors (Lipinski definition) is 2. The summed E-state index contributed by atoms with van der Waals surface area (Å²) in [5, 5.41) is 17.1. The van der Waals surface area contributed by atoms with Crippen LogP contribution >= 0.6 is 0 Å². The molecule has 0 aliphatic rings. The molecule has 0 aliphatic carbocycles. The van der Waals surface area contributed by atoms with Crippen molar-refractivity contribution in [1.29, 1.82) is 0 Å². The number of carbonyl (C=O) groups is 1. The van der Waals surface area contributed by atoms with Crippen molar-refractivity contribution in [2.75, 3.05) is 6.54 Å². The molecule has 1 aromatic carbocycles. The highest BCUT2D eigenvalue weighted by atomic mass is 19.1. The van der Waals surface area contributed by atoms with E-state index in [1.54, 1.807) is 13.0 Å². The van der Waals surface area contributed by atoms with Gasteiger partial charge in [-0.05, 0) is 32.9 Å². The summed E-state index contributed by atoms with van der Waals surface area (Å²) in [4.78, 5) is 12.2. The van der Waals surface area contributed by atoms with Crippen molar-refractivity contribution in [2.45, 2.75) is 32.9 Å². The number of nitrogens with zero attached hydrogens (tertiary/aromatic N) is 2. The molecule has 0 spiro atoms. The number of aromatic nitrogens is 2. The molecule has 7 heteroatoms. The molecule has 0 saturated carbocycles. The van der Waals surface area contributed by atoms with Crippen LogP contribution in [-0.4, -0.2) is 27.3 Å². The Bertz CT molecular complexity index is 726. The van der Waals surface area contributed by atoms with Crippen LogP contribution < -0.4 is 5.32 Å². The Morgan fingerprint density at radius 3 is 2.70 bits per heavy atom. The summed E-state index contributed by atoms with van der Waals surface area (Å²) in [6, 6.07) is 4.55. The third kappa shape index (κ3) is 3.73. The summed E-state index contributed by atoms with van der Waals surface area (Å²) in [6.45, 7) is 5.29. The summed E-state index contributed by atoms with van der Waals surface area (Å²) >= 11 is 0. The standard InChI is InChI=1S/C16H19F2N3O2/c1-4-21-14(7-10(2)20-21)15(22)19-9-16(3,23)12-6-5-11(17)8-13(12)18/h5-8,23H,4,9H2,1-3H3,(H,19,22)/t16-/m0/s1. The van der Waals surface area contributed by atoms with E-state index >= 15 is 0 Å². The van der Waals surface area contributed by atoms with Gasteiger partial charge in [-0.2, -0.15) is 5.10 Å². The lowest BCUT2D eigenvalue weighted by atomic mass is 9.95. The lowest BCUT2D eigenvalue weighted by molar-refractivity contribution is 0.0491. The Morgan fingerprint density at radius 2 is 2.09 bits per heavy atom. The average molecular weight is 323 g/mol. The van der Waals surface area contributed by atoms with Crippen LogP contribution in [0.3, 0.4) is 0 Å². The number of carbonyl (C=O) groups excluding carboxylic acids is 1. The fourth-order valence-corrected chi connectivity index (χ4v) is 2.33. The number of rotatable bonds is 5. The van der Waals surface area contributed by atoms with Crippen LogP contribution in [-0.2, 0) is 12.1 Å². The van der Waals surface area contributed by atoms with Crippen molar-refractivity contribution in [1.82, 2.24) is 15.1 Å². The molecule has 2 rings (SSSR count). The predicted octanol–water partition coefficient (Wildman–Crippen LogP) is 2.13. The fraction of sp³-hybridized carbons (Fsp3) is 0.375. The van der Waals surface area contributed by atoms with E-state index in [9.17, 15) is 18.7 Å². The molecular formula is C16H19F2N3O2. The van der Waals surface area contributed by atoms with Gasteiger partial charge in [0.25, 0.3) is 5.91 Å². The van der Waals surface area contributed by atoms with Crippen LogP contribution in [0.1, 0.15) is 35.6 Å². The van der Waals surface area contributed by atoms with Crippen molar-refractivity contribution < 1.29 is 18.7 Å². The van der Waals surface area contributed by atoms with E-state index < -0.39 is 23.1 Å². The van der Waals surface area contributed by atoms with Crippen LogP contribution in [0.4, 0.5) is 8.78 Å². The molecule has 1 atom stereocenters. The highest BCUT2D eigenvalue weighted by Crippen LogP contribution is 2.23. The maximum absolute atomic E-state index is 13.8. The van der Waals surface area contributed by atoms with Gasteiger partial charge < -0.3 is 10.4 Å². The van der Waals surface area contributed by atoms with E-state index in [1.165, 1.54) is 11.6 Å². The van der Waals surface area contributed by atoms with Crippen molar-refractivity contribution in [3.8, 4) is 0 Å². The number of amides is 1. The predicted molar refractivity (Wildman–Crippen MR) is 80.9 cm³/mol. The van der Waals surface area contributed by atoms with E-state index in [-0.39, 0.29) is 12.1 Å². The summed E-state index contributed by atoms with van der Waals surface area (Å²) in [6.07, 6.45) is 0.